The maximum Gasteiger partial charge on any atom is 0.337 e. The van der Waals surface area contributed by atoms with Crippen molar-refractivity contribution in [1.82, 2.24) is 0 Å². The lowest BCUT2D eigenvalue weighted by molar-refractivity contribution is -0.386. The summed E-state index contributed by atoms with van der Waals surface area (Å²) in [6.45, 7) is 2.92. The molecule has 0 amide bonds. The number of benzene rings is 1. The minimum atomic E-state index is -1.19. The third kappa shape index (κ3) is 1.74. The Morgan fingerprint density at radius 3 is 2.47 bits per heavy atom. The van der Waals surface area contributed by atoms with Gasteiger partial charge in [-0.3, -0.25) is 10.1 Å². The van der Waals surface area contributed by atoms with E-state index in [9.17, 15) is 14.9 Å². The van der Waals surface area contributed by atoms with Crippen LogP contribution < -0.4 is 5.73 Å². The second-order valence-electron chi connectivity index (χ2n) is 3.19. The first-order valence-electron chi connectivity index (χ1n) is 4.13. The van der Waals surface area contributed by atoms with E-state index in [0.717, 1.165) is 0 Å². The number of anilines is 1. The Morgan fingerprint density at radius 1 is 1.53 bits per heavy atom. The normalized spacial score (nSPS) is 10.0. The Bertz CT molecular complexity index is 454. The summed E-state index contributed by atoms with van der Waals surface area (Å²) in [5.74, 6) is -1.19. The summed E-state index contributed by atoms with van der Waals surface area (Å²) in [6, 6.07) is 1.21. The summed E-state index contributed by atoms with van der Waals surface area (Å²) < 4.78 is 0. The van der Waals surface area contributed by atoms with Crippen LogP contribution in [0.3, 0.4) is 0 Å². The van der Waals surface area contributed by atoms with Crippen LogP contribution in [-0.4, -0.2) is 16.0 Å². The molecule has 0 fully saturated rings. The Labute approximate surface area is 85.5 Å². The van der Waals surface area contributed by atoms with Gasteiger partial charge in [0.15, 0.2) is 0 Å². The fourth-order valence-corrected chi connectivity index (χ4v) is 1.45. The quantitative estimate of drug-likeness (QED) is 0.437. The van der Waals surface area contributed by atoms with Crippen molar-refractivity contribution in [1.29, 1.82) is 0 Å². The van der Waals surface area contributed by atoms with Gasteiger partial charge in [0.25, 0.3) is 5.69 Å². The van der Waals surface area contributed by atoms with Gasteiger partial charge in [-0.25, -0.2) is 4.79 Å². The van der Waals surface area contributed by atoms with Crippen LogP contribution in [0.2, 0.25) is 0 Å². The van der Waals surface area contributed by atoms with E-state index >= 15 is 0 Å². The number of nitro benzene ring substituents is 1. The van der Waals surface area contributed by atoms with Crippen molar-refractivity contribution in [2.45, 2.75) is 13.8 Å². The molecule has 1 aromatic rings. The molecule has 0 aliphatic rings. The van der Waals surface area contributed by atoms with Gasteiger partial charge in [-0.05, 0) is 19.9 Å². The van der Waals surface area contributed by atoms with E-state index in [-0.39, 0.29) is 22.5 Å². The number of carboxylic acid groups (broad SMARTS) is 1. The first kappa shape index (κ1) is 11.0. The molecular formula is C9H10N2O4. The van der Waals surface area contributed by atoms with Crippen LogP contribution in [-0.2, 0) is 0 Å². The number of nitrogens with zero attached hydrogens (tertiary/aromatic N) is 1. The van der Waals surface area contributed by atoms with Gasteiger partial charge < -0.3 is 10.8 Å². The standard InChI is InChI=1S/C9H10N2O4/c1-4-3-6(9(12)13)7(10)5(2)8(4)11(14)15/h3H,10H2,1-2H3,(H,12,13). The molecule has 0 radical (unpaired) electrons. The zero-order chi connectivity index (χ0) is 11.7. The minimum absolute atomic E-state index is 0.0557. The molecule has 0 spiro atoms. The molecule has 3 N–H and O–H groups in total. The second kappa shape index (κ2) is 3.56. The van der Waals surface area contributed by atoms with Crippen molar-refractivity contribution in [3.63, 3.8) is 0 Å². The Kier molecular flexibility index (Phi) is 2.61. The summed E-state index contributed by atoms with van der Waals surface area (Å²) in [6.07, 6.45) is 0. The molecule has 6 nitrogen and oxygen atoms in total. The van der Waals surface area contributed by atoms with Gasteiger partial charge in [0.1, 0.15) is 0 Å². The number of nitrogen functional groups attached to an aromatic ring is 1. The van der Waals surface area contributed by atoms with Crippen molar-refractivity contribution in [3.8, 4) is 0 Å². The van der Waals surface area contributed by atoms with E-state index in [1.165, 1.54) is 19.9 Å². The highest BCUT2D eigenvalue weighted by Gasteiger charge is 2.22. The van der Waals surface area contributed by atoms with Gasteiger partial charge in [-0.1, -0.05) is 0 Å². The van der Waals surface area contributed by atoms with E-state index < -0.39 is 10.9 Å². The lowest BCUT2D eigenvalue weighted by Gasteiger charge is -2.07. The lowest BCUT2D eigenvalue weighted by atomic mass is 10.0. The molecule has 0 saturated heterocycles. The highest BCUT2D eigenvalue weighted by molar-refractivity contribution is 5.95. The molecule has 1 rings (SSSR count). The zero-order valence-corrected chi connectivity index (χ0v) is 8.27. The van der Waals surface area contributed by atoms with Crippen LogP contribution in [0, 0.1) is 24.0 Å². The number of carboxylic acids is 1. The maximum absolute atomic E-state index is 10.8. The van der Waals surface area contributed by atoms with Crippen molar-refractivity contribution < 1.29 is 14.8 Å². The van der Waals surface area contributed by atoms with Gasteiger partial charge in [0.05, 0.1) is 21.7 Å². The summed E-state index contributed by atoms with van der Waals surface area (Å²) in [4.78, 5) is 20.9. The Balaban J connectivity index is 3.58. The van der Waals surface area contributed by atoms with Crippen LogP contribution in [0.5, 0.6) is 0 Å². The van der Waals surface area contributed by atoms with Crippen molar-refractivity contribution in [2.24, 2.45) is 0 Å². The number of aryl methyl sites for hydroxylation is 1. The number of carbonyl (C=O) groups is 1. The average Bonchev–Trinajstić information content (AvgIpc) is 2.10. The van der Waals surface area contributed by atoms with Crippen LogP contribution >= 0.6 is 0 Å². The summed E-state index contributed by atoms with van der Waals surface area (Å²) in [7, 11) is 0. The van der Waals surface area contributed by atoms with Crippen LogP contribution in [0.4, 0.5) is 11.4 Å². The Hall–Kier alpha value is -2.11. The predicted octanol–water partition coefficient (Wildman–Crippen LogP) is 1.49. The molecule has 0 heterocycles. The molecule has 0 bridgehead atoms. The molecule has 15 heavy (non-hydrogen) atoms. The van der Waals surface area contributed by atoms with Gasteiger partial charge in [0.2, 0.25) is 0 Å². The van der Waals surface area contributed by atoms with E-state index in [1.807, 2.05) is 0 Å². The largest absolute Gasteiger partial charge is 0.478 e. The van der Waals surface area contributed by atoms with Crippen LogP contribution in [0.25, 0.3) is 0 Å². The van der Waals surface area contributed by atoms with Crippen molar-refractivity contribution in [2.75, 3.05) is 5.73 Å². The highest BCUT2D eigenvalue weighted by atomic mass is 16.6. The molecule has 0 aromatic heterocycles. The number of nitro groups is 1. The monoisotopic (exact) mass is 210 g/mol. The third-order valence-electron chi connectivity index (χ3n) is 2.20. The van der Waals surface area contributed by atoms with Gasteiger partial charge in [-0.15, -0.1) is 0 Å². The number of hydrogen-bond donors (Lipinski definition) is 2. The first-order valence-corrected chi connectivity index (χ1v) is 4.13. The third-order valence-corrected chi connectivity index (χ3v) is 2.20. The number of nitrogens with two attached hydrogens (primary N) is 1. The molecule has 0 atom stereocenters. The molecule has 0 aliphatic carbocycles. The van der Waals surface area contributed by atoms with Crippen LogP contribution in [0.15, 0.2) is 6.07 Å². The van der Waals surface area contributed by atoms with E-state index in [2.05, 4.69) is 0 Å². The van der Waals surface area contributed by atoms with Crippen molar-refractivity contribution >= 4 is 17.3 Å². The smallest absolute Gasteiger partial charge is 0.337 e. The van der Waals surface area contributed by atoms with E-state index in [1.54, 1.807) is 0 Å². The minimum Gasteiger partial charge on any atom is -0.478 e. The summed E-state index contributed by atoms with van der Waals surface area (Å²) >= 11 is 0. The lowest BCUT2D eigenvalue weighted by Crippen LogP contribution is -2.07. The zero-order valence-electron chi connectivity index (χ0n) is 8.27. The fourth-order valence-electron chi connectivity index (χ4n) is 1.45. The van der Waals surface area contributed by atoms with E-state index in [4.69, 9.17) is 10.8 Å². The maximum atomic E-state index is 10.8. The Morgan fingerprint density at radius 2 is 2.07 bits per heavy atom. The molecule has 1 aromatic carbocycles. The number of aromatic carboxylic acids is 1. The molecule has 0 aliphatic heterocycles. The first-order chi connectivity index (χ1) is 6.86. The molecule has 80 valence electrons. The number of hydrogen-bond acceptors (Lipinski definition) is 4. The summed E-state index contributed by atoms with van der Waals surface area (Å²) in [5.41, 5.74) is 5.71. The van der Waals surface area contributed by atoms with E-state index in [0.29, 0.717) is 5.56 Å². The average molecular weight is 210 g/mol. The SMILES string of the molecule is Cc1cc(C(=O)O)c(N)c(C)c1[N+](=O)[O-]. The van der Waals surface area contributed by atoms with Gasteiger partial charge in [0, 0.05) is 5.56 Å². The van der Waals surface area contributed by atoms with Gasteiger partial charge in [-0.2, -0.15) is 0 Å². The molecule has 0 unspecified atom stereocenters. The second-order valence-corrected chi connectivity index (χ2v) is 3.19. The topological polar surface area (TPSA) is 106 Å². The molecular weight excluding hydrogens is 200 g/mol. The number of rotatable bonds is 2. The fraction of sp³-hybridized carbons (Fsp3) is 0.222. The molecule has 0 saturated carbocycles. The highest BCUT2D eigenvalue weighted by Crippen LogP contribution is 2.30. The van der Waals surface area contributed by atoms with Crippen molar-refractivity contribution in [3.05, 3.63) is 32.9 Å². The molecule has 6 heteroatoms. The van der Waals surface area contributed by atoms with Crippen LogP contribution in [0.1, 0.15) is 21.5 Å². The predicted molar refractivity (Wildman–Crippen MR) is 53.9 cm³/mol. The van der Waals surface area contributed by atoms with Gasteiger partial charge >= 0.3 is 5.97 Å². The summed E-state index contributed by atoms with van der Waals surface area (Å²) in [5, 5.41) is 19.5.